The summed E-state index contributed by atoms with van der Waals surface area (Å²) in [6.07, 6.45) is 0. The Hall–Kier alpha value is -0.390. The number of rotatable bonds is 4. The average Bonchev–Trinajstić information content (AvgIpc) is 2.51. The van der Waals surface area contributed by atoms with Crippen LogP contribution in [0.2, 0.25) is 0 Å². The Morgan fingerprint density at radius 1 is 1.64 bits per heavy atom. The molecule has 0 saturated heterocycles. The molecule has 2 unspecified atom stereocenters. The zero-order valence-corrected chi connectivity index (χ0v) is 10.4. The van der Waals surface area contributed by atoms with Crippen molar-refractivity contribution in [3.63, 3.8) is 0 Å². The maximum Gasteiger partial charge on any atom is 0.320 e. The summed E-state index contributed by atoms with van der Waals surface area (Å²) in [4.78, 5) is 11.7. The summed E-state index contributed by atoms with van der Waals surface area (Å²) in [5.74, 6) is -0.829. The maximum absolute atomic E-state index is 10.6. The smallest absolute Gasteiger partial charge is 0.320 e. The molecule has 0 aliphatic heterocycles. The summed E-state index contributed by atoms with van der Waals surface area (Å²) >= 11 is 5.03. The molecule has 0 fully saturated rings. The third-order valence-corrected chi connectivity index (χ3v) is 3.96. The van der Waals surface area contributed by atoms with E-state index < -0.39 is 12.0 Å². The first-order valence-electron chi connectivity index (χ1n) is 4.24. The molecule has 5 heteroatoms. The van der Waals surface area contributed by atoms with E-state index in [4.69, 9.17) is 5.11 Å². The van der Waals surface area contributed by atoms with Crippen molar-refractivity contribution in [1.29, 1.82) is 0 Å². The molecule has 2 N–H and O–H groups in total. The molecule has 0 bridgehead atoms. The van der Waals surface area contributed by atoms with E-state index in [-0.39, 0.29) is 6.04 Å². The second kappa shape index (κ2) is 4.91. The molecule has 0 aliphatic rings. The fourth-order valence-electron chi connectivity index (χ4n) is 1.14. The lowest BCUT2D eigenvalue weighted by Gasteiger charge is -2.16. The number of nitrogens with one attached hydrogen (secondary N) is 1. The second-order valence-electron chi connectivity index (χ2n) is 3.08. The van der Waals surface area contributed by atoms with Gasteiger partial charge in [0.15, 0.2) is 0 Å². The Morgan fingerprint density at radius 3 is 2.71 bits per heavy atom. The van der Waals surface area contributed by atoms with Gasteiger partial charge in [0.1, 0.15) is 6.04 Å². The SMILES string of the molecule is CC(NC(C)c1sccc1Br)C(=O)O. The van der Waals surface area contributed by atoms with Gasteiger partial charge in [0.05, 0.1) is 0 Å². The zero-order chi connectivity index (χ0) is 10.7. The van der Waals surface area contributed by atoms with Crippen molar-refractivity contribution >= 4 is 33.2 Å². The molecule has 0 aromatic carbocycles. The van der Waals surface area contributed by atoms with E-state index in [9.17, 15) is 4.79 Å². The molecule has 1 rings (SSSR count). The molecular weight excluding hydrogens is 266 g/mol. The van der Waals surface area contributed by atoms with Crippen LogP contribution >= 0.6 is 27.3 Å². The third kappa shape index (κ3) is 2.80. The molecule has 78 valence electrons. The van der Waals surface area contributed by atoms with Gasteiger partial charge >= 0.3 is 5.97 Å². The summed E-state index contributed by atoms with van der Waals surface area (Å²) in [5, 5.41) is 13.7. The highest BCUT2D eigenvalue weighted by Crippen LogP contribution is 2.28. The normalized spacial score (nSPS) is 15.1. The number of carboxylic acids is 1. The number of carboxylic acid groups (broad SMARTS) is 1. The number of hydrogen-bond acceptors (Lipinski definition) is 3. The van der Waals surface area contributed by atoms with E-state index in [1.807, 2.05) is 18.4 Å². The van der Waals surface area contributed by atoms with Crippen LogP contribution in [-0.4, -0.2) is 17.1 Å². The zero-order valence-electron chi connectivity index (χ0n) is 7.95. The van der Waals surface area contributed by atoms with Crippen LogP contribution in [-0.2, 0) is 4.79 Å². The van der Waals surface area contributed by atoms with Gasteiger partial charge in [-0.25, -0.2) is 0 Å². The topological polar surface area (TPSA) is 49.3 Å². The van der Waals surface area contributed by atoms with Crippen LogP contribution in [0, 0.1) is 0 Å². The van der Waals surface area contributed by atoms with E-state index in [1.165, 1.54) is 0 Å². The van der Waals surface area contributed by atoms with Gasteiger partial charge < -0.3 is 5.11 Å². The van der Waals surface area contributed by atoms with Crippen molar-refractivity contribution in [2.75, 3.05) is 0 Å². The molecule has 0 saturated carbocycles. The molecule has 2 atom stereocenters. The number of thiophene rings is 1. The summed E-state index contributed by atoms with van der Waals surface area (Å²) < 4.78 is 1.03. The lowest BCUT2D eigenvalue weighted by atomic mass is 10.2. The minimum absolute atomic E-state index is 0.0514. The van der Waals surface area contributed by atoms with Crippen LogP contribution in [0.15, 0.2) is 15.9 Å². The van der Waals surface area contributed by atoms with Gasteiger partial charge in [0, 0.05) is 15.4 Å². The highest BCUT2D eigenvalue weighted by Gasteiger charge is 2.17. The van der Waals surface area contributed by atoms with E-state index in [2.05, 4.69) is 21.2 Å². The van der Waals surface area contributed by atoms with Crippen LogP contribution < -0.4 is 5.32 Å². The van der Waals surface area contributed by atoms with Gasteiger partial charge in [-0.1, -0.05) is 0 Å². The highest BCUT2D eigenvalue weighted by molar-refractivity contribution is 9.10. The van der Waals surface area contributed by atoms with Crippen molar-refractivity contribution in [2.24, 2.45) is 0 Å². The van der Waals surface area contributed by atoms with Crippen molar-refractivity contribution in [3.8, 4) is 0 Å². The largest absolute Gasteiger partial charge is 0.480 e. The molecule has 0 spiro atoms. The third-order valence-electron chi connectivity index (χ3n) is 1.91. The molecule has 0 aliphatic carbocycles. The first kappa shape index (κ1) is 11.7. The lowest BCUT2D eigenvalue weighted by Crippen LogP contribution is -2.35. The Kier molecular flexibility index (Phi) is 4.10. The fraction of sp³-hybridized carbons (Fsp3) is 0.444. The predicted molar refractivity (Wildman–Crippen MR) is 60.7 cm³/mol. The van der Waals surface area contributed by atoms with Crippen LogP contribution in [0.4, 0.5) is 0 Å². The van der Waals surface area contributed by atoms with Gasteiger partial charge in [-0.05, 0) is 41.2 Å². The van der Waals surface area contributed by atoms with Crippen molar-refractivity contribution in [1.82, 2.24) is 5.32 Å². The van der Waals surface area contributed by atoms with Crippen LogP contribution in [0.3, 0.4) is 0 Å². The van der Waals surface area contributed by atoms with Gasteiger partial charge in [-0.3, -0.25) is 10.1 Å². The molecule has 1 aromatic heterocycles. The van der Waals surface area contributed by atoms with Crippen LogP contribution in [0.25, 0.3) is 0 Å². The summed E-state index contributed by atoms with van der Waals surface area (Å²) in [5.41, 5.74) is 0. The first-order chi connectivity index (χ1) is 6.52. The Balaban J connectivity index is 2.63. The maximum atomic E-state index is 10.6. The number of halogens is 1. The molecule has 1 aromatic rings. The van der Waals surface area contributed by atoms with E-state index in [1.54, 1.807) is 18.3 Å². The number of hydrogen-bond donors (Lipinski definition) is 2. The van der Waals surface area contributed by atoms with Crippen LogP contribution in [0.5, 0.6) is 0 Å². The van der Waals surface area contributed by atoms with E-state index >= 15 is 0 Å². The standard InChI is InChI=1S/C9H12BrNO2S/c1-5(11-6(2)9(12)13)8-7(10)3-4-14-8/h3-6,11H,1-2H3,(H,12,13). The van der Waals surface area contributed by atoms with Crippen molar-refractivity contribution in [3.05, 3.63) is 20.8 Å². The minimum Gasteiger partial charge on any atom is -0.480 e. The molecular formula is C9H12BrNO2S. The molecule has 0 amide bonds. The quantitative estimate of drug-likeness (QED) is 0.890. The summed E-state index contributed by atoms with van der Waals surface area (Å²) in [6.45, 7) is 3.59. The second-order valence-corrected chi connectivity index (χ2v) is 4.88. The Morgan fingerprint density at radius 2 is 2.29 bits per heavy atom. The van der Waals surface area contributed by atoms with Crippen LogP contribution in [0.1, 0.15) is 24.8 Å². The molecule has 1 heterocycles. The number of carbonyl (C=O) groups is 1. The summed E-state index contributed by atoms with van der Waals surface area (Å²) in [7, 11) is 0. The lowest BCUT2D eigenvalue weighted by molar-refractivity contribution is -0.139. The minimum atomic E-state index is -0.829. The van der Waals surface area contributed by atoms with Crippen molar-refractivity contribution in [2.45, 2.75) is 25.9 Å². The van der Waals surface area contributed by atoms with Gasteiger partial charge in [-0.2, -0.15) is 0 Å². The monoisotopic (exact) mass is 277 g/mol. The fourth-order valence-corrected chi connectivity index (χ4v) is 2.87. The summed E-state index contributed by atoms with van der Waals surface area (Å²) in [6, 6.07) is 1.48. The Bertz CT molecular complexity index is 326. The van der Waals surface area contributed by atoms with Gasteiger partial charge in [0.25, 0.3) is 0 Å². The van der Waals surface area contributed by atoms with Gasteiger partial charge in [-0.15, -0.1) is 11.3 Å². The molecule has 14 heavy (non-hydrogen) atoms. The number of aliphatic carboxylic acids is 1. The van der Waals surface area contributed by atoms with Crippen molar-refractivity contribution < 1.29 is 9.90 Å². The predicted octanol–water partition coefficient (Wildman–Crippen LogP) is 2.63. The highest BCUT2D eigenvalue weighted by atomic mass is 79.9. The Labute approximate surface area is 95.3 Å². The molecule has 0 radical (unpaired) electrons. The average molecular weight is 278 g/mol. The van der Waals surface area contributed by atoms with E-state index in [0.29, 0.717) is 0 Å². The van der Waals surface area contributed by atoms with Gasteiger partial charge in [0.2, 0.25) is 0 Å². The first-order valence-corrected chi connectivity index (χ1v) is 5.91. The molecule has 3 nitrogen and oxygen atoms in total. The van der Waals surface area contributed by atoms with E-state index in [0.717, 1.165) is 9.35 Å².